The highest BCUT2D eigenvalue weighted by Crippen LogP contribution is 2.82. The van der Waals surface area contributed by atoms with Crippen molar-refractivity contribution in [1.82, 2.24) is 5.43 Å². The van der Waals surface area contributed by atoms with Crippen molar-refractivity contribution in [3.05, 3.63) is 0 Å². The third kappa shape index (κ3) is 0.820. The molecule has 3 nitrogen and oxygen atoms in total. The summed E-state index contributed by atoms with van der Waals surface area (Å²) in [6.45, 7) is 0. The van der Waals surface area contributed by atoms with Crippen LogP contribution in [0.5, 0.6) is 0 Å². The Bertz CT molecular complexity index is 476. The molecule has 90 valence electrons. The van der Waals surface area contributed by atoms with Crippen LogP contribution in [-0.2, 0) is 0 Å². The van der Waals surface area contributed by atoms with Crippen molar-refractivity contribution >= 4 is 39.0 Å². The molecule has 17 heavy (non-hydrogen) atoms. The lowest BCUT2D eigenvalue weighted by Gasteiger charge is -2.32. The van der Waals surface area contributed by atoms with Gasteiger partial charge in [-0.05, 0) is 54.1 Å². The topological polar surface area (TPSA) is 50.4 Å². The summed E-state index contributed by atoms with van der Waals surface area (Å²) in [5, 5.41) is 4.85. The Hall–Kier alpha value is -0.160. The van der Waals surface area contributed by atoms with Gasteiger partial charge >= 0.3 is 0 Å². The van der Waals surface area contributed by atoms with E-state index in [-0.39, 0.29) is 0 Å². The Labute approximate surface area is 114 Å². The summed E-state index contributed by atoms with van der Waals surface area (Å²) in [5.41, 5.74) is 9.73. The first kappa shape index (κ1) is 9.73. The molecule has 6 bridgehead atoms. The van der Waals surface area contributed by atoms with Gasteiger partial charge in [0.25, 0.3) is 0 Å². The monoisotopic (exact) mass is 311 g/mol. The molecule has 0 unspecified atom stereocenters. The molecule has 5 heteroatoms. The van der Waals surface area contributed by atoms with Crippen LogP contribution >= 0.6 is 28.1 Å². The first-order valence-electron chi connectivity index (χ1n) is 6.47. The molecule has 0 aliphatic heterocycles. The number of nitrogens with one attached hydrogen (secondary N) is 1. The zero-order valence-electron chi connectivity index (χ0n) is 9.21. The molecule has 9 atom stereocenters. The highest BCUT2D eigenvalue weighted by molar-refractivity contribution is 9.09. The van der Waals surface area contributed by atoms with Gasteiger partial charge in [-0.2, -0.15) is 5.10 Å². The molecular weight excluding hydrogens is 298 g/mol. The second-order valence-corrected chi connectivity index (χ2v) is 7.88. The number of hydrogen-bond donors (Lipinski definition) is 2. The van der Waals surface area contributed by atoms with E-state index in [1.807, 2.05) is 0 Å². The molecule has 6 rings (SSSR count). The number of nitrogens with two attached hydrogens (primary N) is 1. The lowest BCUT2D eigenvalue weighted by molar-refractivity contribution is 0.132. The number of thiocarbonyl (C=S) groups is 1. The van der Waals surface area contributed by atoms with Gasteiger partial charge in [-0.1, -0.05) is 15.9 Å². The molecule has 0 radical (unpaired) electrons. The largest absolute Gasteiger partial charge is 0.375 e. The number of halogens is 1. The van der Waals surface area contributed by atoms with Gasteiger partial charge in [0, 0.05) is 22.4 Å². The molecule has 6 fully saturated rings. The highest BCUT2D eigenvalue weighted by atomic mass is 79.9. The molecule has 0 spiro atoms. The Morgan fingerprint density at radius 3 is 2.71 bits per heavy atom. The van der Waals surface area contributed by atoms with Crippen LogP contribution in [0.15, 0.2) is 5.10 Å². The maximum absolute atomic E-state index is 5.49. The van der Waals surface area contributed by atoms with Crippen LogP contribution in [0, 0.1) is 47.3 Å². The minimum absolute atomic E-state index is 0.297. The van der Waals surface area contributed by atoms with Gasteiger partial charge in [0.2, 0.25) is 0 Å². The van der Waals surface area contributed by atoms with Crippen LogP contribution in [0.4, 0.5) is 0 Å². The van der Waals surface area contributed by atoms with Crippen molar-refractivity contribution in [2.75, 3.05) is 0 Å². The van der Waals surface area contributed by atoms with E-state index in [2.05, 4.69) is 26.5 Å². The van der Waals surface area contributed by atoms with Crippen LogP contribution in [-0.4, -0.2) is 15.7 Å². The molecule has 0 amide bonds. The van der Waals surface area contributed by atoms with E-state index in [0.29, 0.717) is 5.11 Å². The first-order valence-corrected chi connectivity index (χ1v) is 7.79. The van der Waals surface area contributed by atoms with Gasteiger partial charge in [0.1, 0.15) is 0 Å². The molecular formula is C12H14BrN3S. The summed E-state index contributed by atoms with van der Waals surface area (Å²) >= 11 is 8.82. The Kier molecular flexibility index (Phi) is 1.55. The summed E-state index contributed by atoms with van der Waals surface area (Å²) in [7, 11) is 0. The van der Waals surface area contributed by atoms with Crippen LogP contribution in [0.2, 0.25) is 0 Å². The fourth-order valence-electron chi connectivity index (χ4n) is 6.49. The molecule has 0 heterocycles. The minimum atomic E-state index is 0.297. The molecule has 3 N–H and O–H groups in total. The number of hydrazone groups is 1. The SMILES string of the molecule is NC(=S)N/N=C1\[C@H]2[C@H]3[C@H]4C[C@H]5[C@H]3[C@H](Br)[C@@H]2[C@@H]5[C@@H]14. The summed E-state index contributed by atoms with van der Waals surface area (Å²) in [6.07, 6.45) is 1.46. The lowest BCUT2D eigenvalue weighted by Crippen LogP contribution is -2.30. The van der Waals surface area contributed by atoms with Gasteiger partial charge in [-0.3, -0.25) is 5.43 Å². The summed E-state index contributed by atoms with van der Waals surface area (Å²) in [4.78, 5) is 0.764. The van der Waals surface area contributed by atoms with E-state index in [4.69, 9.17) is 18.0 Å². The fraction of sp³-hybridized carbons (Fsp3) is 0.833. The number of rotatable bonds is 1. The third-order valence-electron chi connectivity index (χ3n) is 6.34. The van der Waals surface area contributed by atoms with Crippen molar-refractivity contribution in [2.45, 2.75) is 11.2 Å². The molecule has 0 aromatic rings. The molecule has 0 aromatic carbocycles. The van der Waals surface area contributed by atoms with E-state index < -0.39 is 0 Å². The second-order valence-electron chi connectivity index (χ2n) is 6.38. The van der Waals surface area contributed by atoms with Crippen molar-refractivity contribution in [3.63, 3.8) is 0 Å². The normalized spacial score (nSPS) is 65.7. The maximum Gasteiger partial charge on any atom is 0.184 e. The van der Waals surface area contributed by atoms with Crippen LogP contribution in [0.25, 0.3) is 0 Å². The highest BCUT2D eigenvalue weighted by Gasteiger charge is 2.82. The summed E-state index contributed by atoms with van der Waals surface area (Å²) in [6, 6.07) is 0. The predicted molar refractivity (Wildman–Crippen MR) is 72.6 cm³/mol. The lowest BCUT2D eigenvalue weighted by atomic mass is 9.71. The van der Waals surface area contributed by atoms with Gasteiger partial charge in [0.05, 0.1) is 0 Å². The average molecular weight is 312 g/mol. The third-order valence-corrected chi connectivity index (χ3v) is 7.65. The van der Waals surface area contributed by atoms with E-state index in [0.717, 1.165) is 52.2 Å². The number of hydrogen-bond acceptors (Lipinski definition) is 2. The number of nitrogens with zero attached hydrogens (tertiary/aromatic N) is 1. The summed E-state index contributed by atoms with van der Waals surface area (Å²) in [5.74, 6) is 7.11. The van der Waals surface area contributed by atoms with Crippen LogP contribution in [0.1, 0.15) is 6.42 Å². The molecule has 0 saturated heterocycles. The van der Waals surface area contributed by atoms with E-state index in [9.17, 15) is 0 Å². The zero-order chi connectivity index (χ0) is 11.5. The van der Waals surface area contributed by atoms with Crippen LogP contribution in [0.3, 0.4) is 0 Å². The molecule has 6 aliphatic rings. The van der Waals surface area contributed by atoms with Crippen molar-refractivity contribution < 1.29 is 0 Å². The van der Waals surface area contributed by atoms with Crippen LogP contribution < -0.4 is 11.2 Å². The van der Waals surface area contributed by atoms with E-state index in [1.54, 1.807) is 0 Å². The molecule has 6 saturated carbocycles. The average Bonchev–Trinajstić information content (AvgIpc) is 2.97. The van der Waals surface area contributed by atoms with Crippen molar-refractivity contribution in [3.8, 4) is 0 Å². The van der Waals surface area contributed by atoms with Gasteiger partial charge in [-0.25, -0.2) is 0 Å². The van der Waals surface area contributed by atoms with E-state index in [1.165, 1.54) is 12.1 Å². The van der Waals surface area contributed by atoms with Gasteiger partial charge < -0.3 is 5.73 Å². The van der Waals surface area contributed by atoms with Gasteiger partial charge in [0.15, 0.2) is 5.11 Å². The molecule has 6 aliphatic carbocycles. The Morgan fingerprint density at radius 2 is 2.00 bits per heavy atom. The van der Waals surface area contributed by atoms with E-state index >= 15 is 0 Å². The quantitative estimate of drug-likeness (QED) is 0.436. The predicted octanol–water partition coefficient (Wildman–Crippen LogP) is 1.33. The second kappa shape index (κ2) is 2.72. The minimum Gasteiger partial charge on any atom is -0.375 e. The Balaban J connectivity index is 1.62. The van der Waals surface area contributed by atoms with Crippen molar-refractivity contribution in [1.29, 1.82) is 0 Å². The smallest absolute Gasteiger partial charge is 0.184 e. The van der Waals surface area contributed by atoms with Crippen molar-refractivity contribution in [2.24, 2.45) is 58.2 Å². The Morgan fingerprint density at radius 1 is 1.24 bits per heavy atom. The standard InChI is InChI=1S/C12H14BrN3S/c13-10-6-2-1-3-4(6)9-8(10)5(2)7(3)11(9)15-16-12(14)17/h2-10H,1H2,(H3,14,16,17)/b15-11-/t2-,3-,4+,5+,6-,7+,8-,9+,10+/m1/s1. The summed E-state index contributed by atoms with van der Waals surface area (Å²) < 4.78 is 0. The maximum atomic E-state index is 5.49. The molecule has 0 aromatic heterocycles. The first-order chi connectivity index (χ1) is 8.20. The van der Waals surface area contributed by atoms with Gasteiger partial charge in [-0.15, -0.1) is 0 Å². The number of alkyl halides is 1. The fourth-order valence-corrected chi connectivity index (χ4v) is 7.97. The zero-order valence-corrected chi connectivity index (χ0v) is 11.6.